The van der Waals surface area contributed by atoms with Gasteiger partial charge in [-0.05, 0) is 29.9 Å². The molecule has 1 aliphatic carbocycles. The van der Waals surface area contributed by atoms with Crippen molar-refractivity contribution in [2.45, 2.75) is 32.7 Å². The summed E-state index contributed by atoms with van der Waals surface area (Å²) in [5.41, 5.74) is 4.49. The first-order chi connectivity index (χ1) is 7.13. The number of rotatable bonds is 4. The topological polar surface area (TPSA) is 50.9 Å². The molecule has 82 valence electrons. The second kappa shape index (κ2) is 3.91. The van der Waals surface area contributed by atoms with Gasteiger partial charge in [0.2, 0.25) is 0 Å². The van der Waals surface area contributed by atoms with Gasteiger partial charge in [0.25, 0.3) is 0 Å². The molecule has 3 heteroatoms. The quantitative estimate of drug-likeness (QED) is 0.578. The molecule has 1 saturated carbocycles. The van der Waals surface area contributed by atoms with E-state index in [1.54, 1.807) is 0 Å². The molecule has 0 aromatic carbocycles. The summed E-state index contributed by atoms with van der Waals surface area (Å²) in [4.78, 5) is 4.33. The lowest BCUT2D eigenvalue weighted by Gasteiger charge is -2.17. The van der Waals surface area contributed by atoms with Crippen molar-refractivity contribution in [2.75, 3.05) is 0 Å². The molecule has 0 amide bonds. The molecular weight excluding hydrogens is 186 g/mol. The summed E-state index contributed by atoms with van der Waals surface area (Å²) in [7, 11) is 0. The third-order valence-corrected chi connectivity index (χ3v) is 3.44. The van der Waals surface area contributed by atoms with Crippen molar-refractivity contribution in [3.05, 3.63) is 30.1 Å². The number of pyridine rings is 1. The average Bonchev–Trinajstić information content (AvgIpc) is 2.86. The maximum atomic E-state index is 5.60. The fourth-order valence-corrected chi connectivity index (χ4v) is 2.26. The Kier molecular flexibility index (Phi) is 2.76. The van der Waals surface area contributed by atoms with Gasteiger partial charge in [0.05, 0.1) is 0 Å². The zero-order chi connectivity index (χ0) is 10.9. The lowest BCUT2D eigenvalue weighted by Crippen LogP contribution is -2.39. The summed E-state index contributed by atoms with van der Waals surface area (Å²) in [6.07, 6.45) is 4.01. The summed E-state index contributed by atoms with van der Waals surface area (Å²) in [6.45, 7) is 4.58. The van der Waals surface area contributed by atoms with Gasteiger partial charge in [-0.2, -0.15) is 0 Å². The highest BCUT2D eigenvalue weighted by Gasteiger charge is 2.49. The number of aromatic nitrogens is 1. The van der Waals surface area contributed by atoms with Crippen molar-refractivity contribution in [3.8, 4) is 0 Å². The fraction of sp³-hybridized carbons (Fsp3) is 0.583. The molecule has 1 fully saturated rings. The molecular formula is C12H19N3. The standard InChI is InChI=1S/C12H19N3/c1-12(2)8-10(12)11(15-13)7-9-5-3-4-6-14-9/h3-6,10-11,15H,7-8,13H2,1-2H3. The Hall–Kier alpha value is -0.930. The molecule has 3 nitrogen and oxygen atoms in total. The highest BCUT2D eigenvalue weighted by atomic mass is 15.2. The van der Waals surface area contributed by atoms with Crippen LogP contribution in [0.2, 0.25) is 0 Å². The van der Waals surface area contributed by atoms with E-state index in [1.807, 2.05) is 18.3 Å². The summed E-state index contributed by atoms with van der Waals surface area (Å²) < 4.78 is 0. The van der Waals surface area contributed by atoms with Crippen molar-refractivity contribution in [3.63, 3.8) is 0 Å². The Labute approximate surface area is 91.1 Å². The van der Waals surface area contributed by atoms with Gasteiger partial charge in [-0.15, -0.1) is 0 Å². The largest absolute Gasteiger partial charge is 0.271 e. The van der Waals surface area contributed by atoms with E-state index in [4.69, 9.17) is 5.84 Å². The van der Waals surface area contributed by atoms with Crippen LogP contribution in [0.5, 0.6) is 0 Å². The molecule has 3 N–H and O–H groups in total. The van der Waals surface area contributed by atoms with Crippen molar-refractivity contribution in [1.29, 1.82) is 0 Å². The lowest BCUT2D eigenvalue weighted by atomic mass is 10.0. The van der Waals surface area contributed by atoms with Crippen LogP contribution >= 0.6 is 0 Å². The molecule has 1 aliphatic rings. The molecule has 0 aliphatic heterocycles. The monoisotopic (exact) mass is 205 g/mol. The Morgan fingerprint density at radius 2 is 2.33 bits per heavy atom. The Balaban J connectivity index is 1.98. The number of nitrogens with two attached hydrogens (primary N) is 1. The van der Waals surface area contributed by atoms with Crippen LogP contribution in [0.4, 0.5) is 0 Å². The Morgan fingerprint density at radius 3 is 2.80 bits per heavy atom. The number of nitrogens with zero attached hydrogens (tertiary/aromatic N) is 1. The van der Waals surface area contributed by atoms with Crippen LogP contribution in [-0.2, 0) is 6.42 Å². The predicted octanol–water partition coefficient (Wildman–Crippen LogP) is 1.50. The lowest BCUT2D eigenvalue weighted by molar-refractivity contribution is 0.406. The van der Waals surface area contributed by atoms with Gasteiger partial charge in [0, 0.05) is 24.4 Å². The van der Waals surface area contributed by atoms with Gasteiger partial charge in [-0.25, -0.2) is 0 Å². The van der Waals surface area contributed by atoms with Crippen LogP contribution in [0.25, 0.3) is 0 Å². The van der Waals surface area contributed by atoms with Crippen molar-refractivity contribution >= 4 is 0 Å². The SMILES string of the molecule is CC1(C)CC1C(Cc1ccccn1)NN. The normalized spacial score (nSPS) is 24.9. The minimum atomic E-state index is 0.356. The van der Waals surface area contributed by atoms with Gasteiger partial charge in [-0.3, -0.25) is 16.3 Å². The van der Waals surface area contributed by atoms with Crippen LogP contribution in [0, 0.1) is 11.3 Å². The van der Waals surface area contributed by atoms with E-state index >= 15 is 0 Å². The van der Waals surface area contributed by atoms with E-state index in [9.17, 15) is 0 Å². The maximum absolute atomic E-state index is 5.60. The number of hydrazine groups is 1. The first-order valence-corrected chi connectivity index (χ1v) is 5.49. The van der Waals surface area contributed by atoms with Gasteiger partial charge >= 0.3 is 0 Å². The Morgan fingerprint density at radius 1 is 1.60 bits per heavy atom. The van der Waals surface area contributed by atoms with Gasteiger partial charge in [0.15, 0.2) is 0 Å². The van der Waals surface area contributed by atoms with E-state index < -0.39 is 0 Å². The summed E-state index contributed by atoms with van der Waals surface area (Å²) in [5, 5.41) is 0. The van der Waals surface area contributed by atoms with Gasteiger partial charge < -0.3 is 0 Å². The van der Waals surface area contributed by atoms with Gasteiger partial charge in [0.1, 0.15) is 0 Å². The van der Waals surface area contributed by atoms with E-state index in [0.717, 1.165) is 12.1 Å². The van der Waals surface area contributed by atoms with E-state index in [-0.39, 0.29) is 0 Å². The van der Waals surface area contributed by atoms with Gasteiger partial charge in [-0.1, -0.05) is 19.9 Å². The minimum absolute atomic E-state index is 0.356. The van der Waals surface area contributed by atoms with Crippen LogP contribution in [0.1, 0.15) is 26.0 Å². The molecule has 1 heterocycles. The summed E-state index contributed by atoms with van der Waals surface area (Å²) in [5.74, 6) is 6.29. The minimum Gasteiger partial charge on any atom is -0.271 e. The third-order valence-electron chi connectivity index (χ3n) is 3.44. The fourth-order valence-electron chi connectivity index (χ4n) is 2.26. The zero-order valence-corrected chi connectivity index (χ0v) is 9.40. The highest BCUT2D eigenvalue weighted by Crippen LogP contribution is 2.53. The molecule has 1 aromatic rings. The summed E-state index contributed by atoms with van der Waals surface area (Å²) >= 11 is 0. The number of hydrogen-bond acceptors (Lipinski definition) is 3. The number of hydrogen-bond donors (Lipinski definition) is 2. The zero-order valence-electron chi connectivity index (χ0n) is 9.40. The predicted molar refractivity (Wildman–Crippen MR) is 60.9 cm³/mol. The van der Waals surface area contributed by atoms with E-state index in [2.05, 4.69) is 30.3 Å². The molecule has 0 spiro atoms. The van der Waals surface area contributed by atoms with E-state index in [0.29, 0.717) is 17.4 Å². The van der Waals surface area contributed by atoms with Crippen LogP contribution in [0.3, 0.4) is 0 Å². The van der Waals surface area contributed by atoms with Crippen LogP contribution in [0.15, 0.2) is 24.4 Å². The average molecular weight is 205 g/mol. The summed E-state index contributed by atoms with van der Waals surface area (Å²) in [6, 6.07) is 6.37. The van der Waals surface area contributed by atoms with Crippen molar-refractivity contribution < 1.29 is 0 Å². The second-order valence-electron chi connectivity index (χ2n) is 5.10. The molecule has 2 atom stereocenters. The van der Waals surface area contributed by atoms with Crippen molar-refractivity contribution in [2.24, 2.45) is 17.2 Å². The number of nitrogens with one attached hydrogen (secondary N) is 1. The first kappa shape index (κ1) is 10.6. The first-order valence-electron chi connectivity index (χ1n) is 5.49. The van der Waals surface area contributed by atoms with Crippen molar-refractivity contribution in [1.82, 2.24) is 10.4 Å². The molecule has 0 bridgehead atoms. The molecule has 15 heavy (non-hydrogen) atoms. The van der Waals surface area contributed by atoms with Crippen LogP contribution in [-0.4, -0.2) is 11.0 Å². The second-order valence-corrected chi connectivity index (χ2v) is 5.10. The molecule has 2 unspecified atom stereocenters. The smallest absolute Gasteiger partial charge is 0.0419 e. The molecule has 0 radical (unpaired) electrons. The molecule has 1 aromatic heterocycles. The molecule has 2 rings (SSSR count). The molecule has 0 saturated heterocycles. The van der Waals surface area contributed by atoms with Crippen LogP contribution < -0.4 is 11.3 Å². The Bertz CT molecular complexity index is 321. The van der Waals surface area contributed by atoms with E-state index in [1.165, 1.54) is 6.42 Å². The highest BCUT2D eigenvalue weighted by molar-refractivity contribution is 5.09. The maximum Gasteiger partial charge on any atom is 0.0419 e. The third kappa shape index (κ3) is 2.36.